The van der Waals surface area contributed by atoms with Crippen LogP contribution in [0.3, 0.4) is 0 Å². The first-order valence-corrected chi connectivity index (χ1v) is 10.9. The van der Waals surface area contributed by atoms with Crippen molar-refractivity contribution in [3.63, 3.8) is 0 Å². The summed E-state index contributed by atoms with van der Waals surface area (Å²) in [5, 5.41) is 5.16. The predicted molar refractivity (Wildman–Crippen MR) is 125 cm³/mol. The van der Waals surface area contributed by atoms with Crippen molar-refractivity contribution in [1.82, 2.24) is 0 Å². The van der Waals surface area contributed by atoms with Crippen LogP contribution in [0.25, 0.3) is 0 Å². The van der Waals surface area contributed by atoms with Gasteiger partial charge in [-0.1, -0.05) is 53.0 Å². The number of hydrogen-bond acceptors (Lipinski definition) is 3. The van der Waals surface area contributed by atoms with Gasteiger partial charge in [0.1, 0.15) is 6.61 Å². The zero-order chi connectivity index (χ0) is 20.8. The highest BCUT2D eigenvalue weighted by Crippen LogP contribution is 2.38. The molecule has 0 radical (unpaired) electrons. The van der Waals surface area contributed by atoms with Crippen LogP contribution in [0.4, 0.5) is 5.69 Å². The maximum Gasteiger partial charge on any atom is 0.175 e. The Kier molecular flexibility index (Phi) is 7.96. The fourth-order valence-electron chi connectivity index (χ4n) is 2.75. The molecule has 0 bridgehead atoms. The van der Waals surface area contributed by atoms with Gasteiger partial charge in [0.05, 0.1) is 11.1 Å². The molecule has 0 amide bonds. The smallest absolute Gasteiger partial charge is 0.175 e. The zero-order valence-electron chi connectivity index (χ0n) is 15.6. The third kappa shape index (κ3) is 6.19. The van der Waals surface area contributed by atoms with Crippen LogP contribution in [-0.2, 0) is 13.2 Å². The predicted octanol–water partition coefficient (Wildman–Crippen LogP) is 8.00. The fraction of sp³-hybridized carbons (Fsp3) is 0.182. The molecule has 0 spiro atoms. The summed E-state index contributed by atoms with van der Waals surface area (Å²) in [5.74, 6) is 1.30. The van der Waals surface area contributed by atoms with Crippen LogP contribution in [0.15, 0.2) is 59.1 Å². The second-order valence-electron chi connectivity index (χ2n) is 6.23. The summed E-state index contributed by atoms with van der Waals surface area (Å²) in [6.07, 6.45) is 0. The van der Waals surface area contributed by atoms with Crippen molar-refractivity contribution in [2.45, 2.75) is 20.1 Å². The van der Waals surface area contributed by atoms with E-state index in [-0.39, 0.29) is 0 Å². The largest absolute Gasteiger partial charge is 0.490 e. The lowest BCUT2D eigenvalue weighted by Crippen LogP contribution is -2.04. The highest BCUT2D eigenvalue weighted by atomic mass is 79.9. The van der Waals surface area contributed by atoms with Gasteiger partial charge in [0.2, 0.25) is 0 Å². The van der Waals surface area contributed by atoms with E-state index < -0.39 is 0 Å². The van der Waals surface area contributed by atoms with Crippen molar-refractivity contribution >= 4 is 56.4 Å². The standard InChI is InChI=1S/C22H19BrCl3NO2/c1-2-28-21-8-14(12-27-18-10-16(24)9-17(25)11-18)7-19(23)22(21)29-13-15-5-3-4-6-20(15)26/h3-11,27H,2,12-13H2,1H3. The van der Waals surface area contributed by atoms with Crippen LogP contribution in [0.2, 0.25) is 15.1 Å². The number of hydrogen-bond donors (Lipinski definition) is 1. The minimum absolute atomic E-state index is 0.344. The Bertz CT molecular complexity index is 978. The van der Waals surface area contributed by atoms with Crippen molar-refractivity contribution in [2.75, 3.05) is 11.9 Å². The van der Waals surface area contributed by atoms with Crippen LogP contribution in [-0.4, -0.2) is 6.61 Å². The van der Waals surface area contributed by atoms with Gasteiger partial charge in [0.25, 0.3) is 0 Å². The Labute approximate surface area is 194 Å². The topological polar surface area (TPSA) is 30.5 Å². The number of halogens is 4. The van der Waals surface area contributed by atoms with E-state index in [1.54, 1.807) is 6.07 Å². The van der Waals surface area contributed by atoms with Gasteiger partial charge in [-0.2, -0.15) is 0 Å². The molecule has 3 aromatic carbocycles. The van der Waals surface area contributed by atoms with Crippen LogP contribution in [0, 0.1) is 0 Å². The van der Waals surface area contributed by atoms with Crippen LogP contribution in [0.5, 0.6) is 11.5 Å². The minimum Gasteiger partial charge on any atom is -0.490 e. The molecule has 0 heterocycles. The van der Waals surface area contributed by atoms with Crippen molar-refractivity contribution < 1.29 is 9.47 Å². The van der Waals surface area contributed by atoms with E-state index in [1.165, 1.54) is 0 Å². The molecular weight excluding hydrogens is 497 g/mol. The molecule has 1 N–H and O–H groups in total. The molecule has 3 nitrogen and oxygen atoms in total. The third-order valence-corrected chi connectivity index (χ3v) is 5.45. The van der Waals surface area contributed by atoms with Gasteiger partial charge in [-0.3, -0.25) is 0 Å². The molecule has 0 saturated carbocycles. The molecule has 0 saturated heterocycles. The van der Waals surface area contributed by atoms with Gasteiger partial charge < -0.3 is 14.8 Å². The highest BCUT2D eigenvalue weighted by molar-refractivity contribution is 9.10. The van der Waals surface area contributed by atoms with Crippen molar-refractivity contribution in [1.29, 1.82) is 0 Å². The van der Waals surface area contributed by atoms with E-state index >= 15 is 0 Å². The molecule has 0 atom stereocenters. The fourth-order valence-corrected chi connectivity index (χ4v) is 4.07. The molecular formula is C22H19BrCl3NO2. The van der Waals surface area contributed by atoms with Gasteiger partial charge in [-0.15, -0.1) is 0 Å². The molecule has 7 heteroatoms. The molecule has 3 aromatic rings. The van der Waals surface area contributed by atoms with Gasteiger partial charge >= 0.3 is 0 Å². The summed E-state index contributed by atoms with van der Waals surface area (Å²) in [7, 11) is 0. The van der Waals surface area contributed by atoms with Crippen molar-refractivity contribution in [3.8, 4) is 11.5 Å². The number of anilines is 1. The lowest BCUT2D eigenvalue weighted by molar-refractivity contribution is 0.267. The summed E-state index contributed by atoms with van der Waals surface area (Å²) in [6, 6.07) is 16.9. The number of benzene rings is 3. The van der Waals surface area contributed by atoms with Crippen molar-refractivity contribution in [3.05, 3.63) is 85.3 Å². The Morgan fingerprint density at radius 1 is 0.931 bits per heavy atom. The first kappa shape index (κ1) is 22.1. The normalized spacial score (nSPS) is 10.7. The zero-order valence-corrected chi connectivity index (χ0v) is 19.5. The SMILES string of the molecule is CCOc1cc(CNc2cc(Cl)cc(Cl)c2)cc(Br)c1OCc1ccccc1Cl. The second kappa shape index (κ2) is 10.4. The van der Waals surface area contributed by atoms with Gasteiger partial charge in [-0.25, -0.2) is 0 Å². The molecule has 0 aliphatic carbocycles. The molecule has 152 valence electrons. The van der Waals surface area contributed by atoms with Gasteiger partial charge in [0, 0.05) is 32.9 Å². The highest BCUT2D eigenvalue weighted by Gasteiger charge is 2.13. The number of rotatable bonds is 8. The number of nitrogens with one attached hydrogen (secondary N) is 1. The lowest BCUT2D eigenvalue weighted by atomic mass is 10.2. The molecule has 0 aliphatic rings. The molecule has 0 aromatic heterocycles. The summed E-state index contributed by atoms with van der Waals surface area (Å²) >= 11 is 22.0. The monoisotopic (exact) mass is 513 g/mol. The molecule has 0 aliphatic heterocycles. The lowest BCUT2D eigenvalue weighted by Gasteiger charge is -2.16. The van der Waals surface area contributed by atoms with Crippen LogP contribution in [0.1, 0.15) is 18.1 Å². The Morgan fingerprint density at radius 2 is 1.66 bits per heavy atom. The summed E-state index contributed by atoms with van der Waals surface area (Å²) in [6.45, 7) is 3.37. The summed E-state index contributed by atoms with van der Waals surface area (Å²) in [5.41, 5.74) is 2.77. The van der Waals surface area contributed by atoms with E-state index in [9.17, 15) is 0 Å². The second-order valence-corrected chi connectivity index (χ2v) is 8.36. The Morgan fingerprint density at radius 3 is 2.34 bits per heavy atom. The van der Waals surface area contributed by atoms with E-state index in [1.807, 2.05) is 55.5 Å². The summed E-state index contributed by atoms with van der Waals surface area (Å²) < 4.78 is 12.6. The maximum atomic E-state index is 6.23. The van der Waals surface area contributed by atoms with Crippen LogP contribution >= 0.6 is 50.7 Å². The third-order valence-electron chi connectivity index (χ3n) is 4.06. The van der Waals surface area contributed by atoms with E-state index in [0.717, 1.165) is 21.3 Å². The van der Waals surface area contributed by atoms with Crippen LogP contribution < -0.4 is 14.8 Å². The molecule has 3 rings (SSSR count). The summed E-state index contributed by atoms with van der Waals surface area (Å²) in [4.78, 5) is 0. The molecule has 0 fully saturated rings. The molecule has 29 heavy (non-hydrogen) atoms. The van der Waals surface area contributed by atoms with Gasteiger partial charge in [0.15, 0.2) is 11.5 Å². The molecule has 0 unspecified atom stereocenters. The minimum atomic E-state index is 0.344. The average Bonchev–Trinajstić information content (AvgIpc) is 2.66. The Balaban J connectivity index is 1.77. The van der Waals surface area contributed by atoms with Crippen molar-refractivity contribution in [2.24, 2.45) is 0 Å². The number of ether oxygens (including phenoxy) is 2. The van der Waals surface area contributed by atoms with E-state index in [0.29, 0.717) is 46.3 Å². The first-order chi connectivity index (χ1) is 14.0. The average molecular weight is 516 g/mol. The Hall–Kier alpha value is -1.59. The quantitative estimate of drug-likeness (QED) is 0.330. The first-order valence-electron chi connectivity index (χ1n) is 8.97. The van der Waals surface area contributed by atoms with E-state index in [4.69, 9.17) is 44.3 Å². The van der Waals surface area contributed by atoms with E-state index in [2.05, 4.69) is 21.2 Å². The van der Waals surface area contributed by atoms with Gasteiger partial charge in [-0.05, 0) is 64.8 Å². The maximum absolute atomic E-state index is 6.23.